The van der Waals surface area contributed by atoms with Crippen molar-refractivity contribution in [2.45, 2.75) is 53.1 Å². The van der Waals surface area contributed by atoms with Crippen LogP contribution < -0.4 is 21.9 Å². The Hall–Kier alpha value is -2.94. The Morgan fingerprint density at radius 1 is 1.22 bits per heavy atom. The second-order valence-electron chi connectivity index (χ2n) is 8.51. The Morgan fingerprint density at radius 3 is 2.47 bits per heavy atom. The molecule has 1 heterocycles. The van der Waals surface area contributed by atoms with Crippen LogP contribution in [0, 0.1) is 11.7 Å². The minimum atomic E-state index is -0.693. The van der Waals surface area contributed by atoms with Crippen molar-refractivity contribution in [1.29, 1.82) is 0 Å². The highest BCUT2D eigenvalue weighted by Crippen LogP contribution is 2.23. The zero-order valence-electron chi connectivity index (χ0n) is 19.5. The molecule has 0 aliphatic carbocycles. The van der Waals surface area contributed by atoms with E-state index in [0.717, 1.165) is 6.42 Å². The van der Waals surface area contributed by atoms with Crippen molar-refractivity contribution in [2.24, 2.45) is 5.92 Å². The van der Waals surface area contributed by atoms with Crippen LogP contribution in [-0.4, -0.2) is 40.5 Å². The highest BCUT2D eigenvalue weighted by atomic mass is 19.1. The first-order chi connectivity index (χ1) is 15.1. The Morgan fingerprint density at radius 2 is 1.88 bits per heavy atom. The number of hydrogen-bond acceptors (Lipinski definition) is 5. The lowest BCUT2D eigenvalue weighted by molar-refractivity contribution is -0.120. The van der Waals surface area contributed by atoms with E-state index < -0.39 is 11.2 Å². The van der Waals surface area contributed by atoms with E-state index in [1.165, 1.54) is 15.5 Å². The first kappa shape index (κ1) is 25.3. The van der Waals surface area contributed by atoms with Gasteiger partial charge in [0.2, 0.25) is 5.91 Å². The highest BCUT2D eigenvalue weighted by molar-refractivity contribution is 5.96. The van der Waals surface area contributed by atoms with Crippen LogP contribution >= 0.6 is 0 Å². The molecule has 0 aliphatic heterocycles. The summed E-state index contributed by atoms with van der Waals surface area (Å²) in [5, 5.41) is 0. The number of nitrogens with two attached hydrogens (primary N) is 1. The summed E-state index contributed by atoms with van der Waals surface area (Å²) in [6.45, 7) is 8.18. The number of nitrogens with one attached hydrogen (secondary N) is 1. The van der Waals surface area contributed by atoms with E-state index in [4.69, 9.17) is 5.73 Å². The fraction of sp³-hybridized carbons (Fsp3) is 0.522. The van der Waals surface area contributed by atoms with Gasteiger partial charge in [0.15, 0.2) is 5.69 Å². The molecule has 0 spiro atoms. The Labute approximate surface area is 187 Å². The zero-order valence-corrected chi connectivity index (χ0v) is 19.5. The van der Waals surface area contributed by atoms with Gasteiger partial charge in [-0.1, -0.05) is 45.4 Å². The second kappa shape index (κ2) is 11.1. The lowest BCUT2D eigenvalue weighted by atomic mass is 10.1. The van der Waals surface area contributed by atoms with Crippen LogP contribution in [0.2, 0.25) is 0 Å². The van der Waals surface area contributed by atoms with E-state index in [1.807, 2.05) is 27.7 Å². The number of aromatic amines is 1. The van der Waals surface area contributed by atoms with Crippen molar-refractivity contribution >= 4 is 17.4 Å². The minimum Gasteiger partial charge on any atom is -0.383 e. The van der Waals surface area contributed by atoms with Crippen LogP contribution in [0.4, 0.5) is 15.9 Å². The SMILES string of the molecule is CCCCN(C(=O)CN(C)C(C)c1ccccc1F)c1c(N)n(CC(C)C)c(=O)[nH]c1=O. The number of anilines is 2. The molecule has 0 aliphatic rings. The van der Waals surface area contributed by atoms with Crippen molar-refractivity contribution in [2.75, 3.05) is 30.8 Å². The first-order valence-corrected chi connectivity index (χ1v) is 11.0. The molecule has 1 atom stereocenters. The van der Waals surface area contributed by atoms with Gasteiger partial charge in [-0.15, -0.1) is 0 Å². The number of amides is 1. The van der Waals surface area contributed by atoms with Gasteiger partial charge in [0.25, 0.3) is 5.56 Å². The number of nitrogens with zero attached hydrogens (tertiary/aromatic N) is 3. The molecule has 9 heteroatoms. The van der Waals surface area contributed by atoms with Crippen molar-refractivity contribution in [1.82, 2.24) is 14.5 Å². The molecular formula is C23H34FN5O3. The molecule has 1 aromatic carbocycles. The molecule has 32 heavy (non-hydrogen) atoms. The smallest absolute Gasteiger partial charge is 0.330 e. The number of nitrogen functional groups attached to an aromatic ring is 1. The van der Waals surface area contributed by atoms with Crippen LogP contribution in [0.3, 0.4) is 0 Å². The van der Waals surface area contributed by atoms with Gasteiger partial charge in [0.1, 0.15) is 11.6 Å². The molecule has 1 aromatic heterocycles. The molecule has 1 amide bonds. The standard InChI is InChI=1S/C23H34FN5O3/c1-6-7-12-28(20-21(25)29(13-15(2)3)23(32)26-22(20)31)19(30)14-27(5)16(4)17-10-8-9-11-18(17)24/h8-11,15-16H,6-7,12-14,25H2,1-5H3,(H,26,31,32). The molecule has 0 saturated carbocycles. The first-order valence-electron chi connectivity index (χ1n) is 11.0. The number of likely N-dealkylation sites (N-methyl/N-ethyl adjacent to an activating group) is 1. The van der Waals surface area contributed by atoms with Gasteiger partial charge < -0.3 is 10.6 Å². The lowest BCUT2D eigenvalue weighted by Gasteiger charge is -2.29. The minimum absolute atomic E-state index is 0.0179. The maximum atomic E-state index is 14.2. The van der Waals surface area contributed by atoms with Crippen LogP contribution in [0.25, 0.3) is 0 Å². The van der Waals surface area contributed by atoms with Crippen molar-refractivity contribution in [3.05, 3.63) is 56.5 Å². The molecule has 3 N–H and O–H groups in total. The summed E-state index contributed by atoms with van der Waals surface area (Å²) in [7, 11) is 1.72. The maximum absolute atomic E-state index is 14.2. The Kier molecular flexibility index (Phi) is 8.77. The summed E-state index contributed by atoms with van der Waals surface area (Å²) in [4.78, 5) is 43.6. The fourth-order valence-corrected chi connectivity index (χ4v) is 3.55. The summed E-state index contributed by atoms with van der Waals surface area (Å²) < 4.78 is 15.5. The number of carbonyl (C=O) groups is 1. The van der Waals surface area contributed by atoms with Gasteiger partial charge in [-0.2, -0.15) is 0 Å². The number of benzene rings is 1. The average molecular weight is 448 g/mol. The highest BCUT2D eigenvalue weighted by Gasteiger charge is 2.26. The molecule has 1 unspecified atom stereocenters. The summed E-state index contributed by atoms with van der Waals surface area (Å²) in [6.07, 6.45) is 1.45. The summed E-state index contributed by atoms with van der Waals surface area (Å²) in [6, 6.07) is 6.06. The third-order valence-electron chi connectivity index (χ3n) is 5.47. The van der Waals surface area contributed by atoms with Gasteiger partial charge in [-0.25, -0.2) is 9.18 Å². The molecule has 2 rings (SSSR count). The third-order valence-corrected chi connectivity index (χ3v) is 5.47. The van der Waals surface area contributed by atoms with E-state index in [2.05, 4.69) is 4.98 Å². The molecule has 176 valence electrons. The molecule has 0 radical (unpaired) electrons. The maximum Gasteiger partial charge on any atom is 0.330 e. The number of unbranched alkanes of at least 4 members (excludes halogenated alkanes) is 1. The predicted molar refractivity (Wildman–Crippen MR) is 125 cm³/mol. The number of carbonyl (C=O) groups excluding carboxylic acids is 1. The number of aromatic nitrogens is 2. The summed E-state index contributed by atoms with van der Waals surface area (Å²) in [5.74, 6) is -0.609. The molecular weight excluding hydrogens is 413 g/mol. The number of halogens is 1. The van der Waals surface area contributed by atoms with Crippen molar-refractivity contribution < 1.29 is 9.18 Å². The van der Waals surface area contributed by atoms with Crippen molar-refractivity contribution in [3.63, 3.8) is 0 Å². The monoisotopic (exact) mass is 447 g/mol. The third kappa shape index (κ3) is 5.85. The van der Waals surface area contributed by atoms with Crippen LogP contribution in [0.1, 0.15) is 52.1 Å². The van der Waals surface area contributed by atoms with Crippen LogP contribution in [0.5, 0.6) is 0 Å². The largest absolute Gasteiger partial charge is 0.383 e. The van der Waals surface area contributed by atoms with Gasteiger partial charge in [-0.3, -0.25) is 24.0 Å². The lowest BCUT2D eigenvalue weighted by Crippen LogP contribution is -2.45. The topological polar surface area (TPSA) is 104 Å². The van der Waals surface area contributed by atoms with E-state index in [0.29, 0.717) is 18.5 Å². The number of hydrogen-bond donors (Lipinski definition) is 2. The number of H-pyrrole nitrogens is 1. The molecule has 0 fully saturated rings. The fourth-order valence-electron chi connectivity index (χ4n) is 3.55. The van der Waals surface area contributed by atoms with Crippen LogP contribution in [0.15, 0.2) is 33.9 Å². The molecule has 0 saturated heterocycles. The van der Waals surface area contributed by atoms with Gasteiger partial charge in [0.05, 0.1) is 6.54 Å². The van der Waals surface area contributed by atoms with Gasteiger partial charge >= 0.3 is 5.69 Å². The predicted octanol–water partition coefficient (Wildman–Crippen LogP) is 2.74. The number of rotatable bonds is 10. The molecule has 2 aromatic rings. The second-order valence-corrected chi connectivity index (χ2v) is 8.51. The average Bonchev–Trinajstić information content (AvgIpc) is 2.72. The van der Waals surface area contributed by atoms with E-state index in [1.54, 1.807) is 30.1 Å². The Balaban J connectivity index is 2.40. The van der Waals surface area contributed by atoms with E-state index >= 15 is 0 Å². The zero-order chi connectivity index (χ0) is 24.0. The normalized spacial score (nSPS) is 12.4. The van der Waals surface area contributed by atoms with E-state index in [-0.39, 0.29) is 48.3 Å². The van der Waals surface area contributed by atoms with Gasteiger partial charge in [-0.05, 0) is 32.4 Å². The molecule has 8 nitrogen and oxygen atoms in total. The summed E-state index contributed by atoms with van der Waals surface area (Å²) in [5.41, 5.74) is 5.40. The van der Waals surface area contributed by atoms with E-state index in [9.17, 15) is 18.8 Å². The quantitative estimate of drug-likeness (QED) is 0.583. The van der Waals surface area contributed by atoms with Crippen LogP contribution in [-0.2, 0) is 11.3 Å². The molecule has 0 bridgehead atoms. The van der Waals surface area contributed by atoms with Crippen molar-refractivity contribution in [3.8, 4) is 0 Å². The van der Waals surface area contributed by atoms with Gasteiger partial charge in [0, 0.05) is 24.7 Å². The summed E-state index contributed by atoms with van der Waals surface area (Å²) >= 11 is 0. The Bertz CT molecular complexity index is 1050.